The number of methoxy groups -OCH3 is 1. The number of ether oxygens (including phenoxy) is 2. The van der Waals surface area contributed by atoms with Crippen molar-refractivity contribution >= 4 is 0 Å². The standard InChI is InChI=1S/C15H18N2O2/c1-3-16-11-12-7-6-10-17-15(12)19-14-9-5-4-8-13(14)18-2/h4-10,16H,3,11H2,1-2H3. The molecule has 0 bridgehead atoms. The van der Waals surface area contributed by atoms with Crippen LogP contribution in [-0.2, 0) is 6.54 Å². The SMILES string of the molecule is CCNCc1cccnc1Oc1ccccc1OC. The van der Waals surface area contributed by atoms with Crippen molar-refractivity contribution in [2.24, 2.45) is 0 Å². The predicted octanol–water partition coefficient (Wildman–Crippen LogP) is 2.99. The van der Waals surface area contributed by atoms with Gasteiger partial charge in [0.1, 0.15) is 0 Å². The van der Waals surface area contributed by atoms with Crippen LogP contribution in [0.25, 0.3) is 0 Å². The second-order valence-corrected chi connectivity index (χ2v) is 4.00. The van der Waals surface area contributed by atoms with E-state index in [1.165, 1.54) is 0 Å². The highest BCUT2D eigenvalue weighted by Crippen LogP contribution is 2.31. The monoisotopic (exact) mass is 258 g/mol. The van der Waals surface area contributed by atoms with Gasteiger partial charge in [-0.05, 0) is 24.7 Å². The van der Waals surface area contributed by atoms with Crippen molar-refractivity contribution in [3.05, 3.63) is 48.2 Å². The van der Waals surface area contributed by atoms with E-state index >= 15 is 0 Å². The van der Waals surface area contributed by atoms with Gasteiger partial charge in [-0.25, -0.2) is 4.98 Å². The van der Waals surface area contributed by atoms with E-state index in [1.54, 1.807) is 13.3 Å². The quantitative estimate of drug-likeness (QED) is 0.865. The molecule has 4 heteroatoms. The van der Waals surface area contributed by atoms with Gasteiger partial charge in [-0.1, -0.05) is 25.1 Å². The molecule has 2 aromatic rings. The minimum absolute atomic E-state index is 0.605. The Hall–Kier alpha value is -2.07. The lowest BCUT2D eigenvalue weighted by molar-refractivity contribution is 0.372. The topological polar surface area (TPSA) is 43.4 Å². The van der Waals surface area contributed by atoms with Crippen LogP contribution in [0.15, 0.2) is 42.6 Å². The molecular weight excluding hydrogens is 240 g/mol. The minimum atomic E-state index is 0.605. The van der Waals surface area contributed by atoms with Crippen molar-refractivity contribution in [1.82, 2.24) is 10.3 Å². The Labute approximate surface area is 113 Å². The van der Waals surface area contributed by atoms with Gasteiger partial charge in [0, 0.05) is 18.3 Å². The summed E-state index contributed by atoms with van der Waals surface area (Å²) in [6.45, 7) is 3.70. The van der Waals surface area contributed by atoms with Gasteiger partial charge in [-0.2, -0.15) is 0 Å². The summed E-state index contributed by atoms with van der Waals surface area (Å²) in [4.78, 5) is 4.28. The Bertz CT molecular complexity index is 529. The van der Waals surface area contributed by atoms with Gasteiger partial charge in [-0.3, -0.25) is 0 Å². The summed E-state index contributed by atoms with van der Waals surface area (Å²) in [5, 5.41) is 3.27. The number of benzene rings is 1. The number of hydrogen-bond donors (Lipinski definition) is 1. The average molecular weight is 258 g/mol. The molecule has 0 spiro atoms. The first-order valence-electron chi connectivity index (χ1n) is 6.30. The average Bonchev–Trinajstić information content (AvgIpc) is 2.47. The third-order valence-electron chi connectivity index (χ3n) is 2.69. The minimum Gasteiger partial charge on any atom is -0.493 e. The third kappa shape index (κ3) is 3.45. The van der Waals surface area contributed by atoms with Crippen molar-refractivity contribution in [1.29, 1.82) is 0 Å². The summed E-state index contributed by atoms with van der Waals surface area (Å²) in [5.41, 5.74) is 1.02. The van der Waals surface area contributed by atoms with E-state index in [2.05, 4.69) is 17.2 Å². The zero-order valence-corrected chi connectivity index (χ0v) is 11.2. The van der Waals surface area contributed by atoms with Crippen molar-refractivity contribution in [3.63, 3.8) is 0 Å². The maximum atomic E-state index is 5.85. The largest absolute Gasteiger partial charge is 0.493 e. The van der Waals surface area contributed by atoms with Gasteiger partial charge in [0.25, 0.3) is 0 Å². The number of hydrogen-bond acceptors (Lipinski definition) is 4. The van der Waals surface area contributed by atoms with Gasteiger partial charge in [0.2, 0.25) is 5.88 Å². The highest BCUT2D eigenvalue weighted by atomic mass is 16.5. The molecule has 1 N–H and O–H groups in total. The smallest absolute Gasteiger partial charge is 0.223 e. The van der Waals surface area contributed by atoms with Gasteiger partial charge in [0.05, 0.1) is 7.11 Å². The Balaban J connectivity index is 2.22. The second-order valence-electron chi connectivity index (χ2n) is 4.00. The summed E-state index contributed by atoms with van der Waals surface area (Å²) in [7, 11) is 1.63. The van der Waals surface area contributed by atoms with E-state index in [9.17, 15) is 0 Å². The summed E-state index contributed by atoms with van der Waals surface area (Å²) in [6, 6.07) is 11.4. The molecule has 1 aromatic carbocycles. The van der Waals surface area contributed by atoms with E-state index < -0.39 is 0 Å². The number of pyridine rings is 1. The molecule has 1 heterocycles. The maximum Gasteiger partial charge on any atom is 0.223 e. The van der Waals surface area contributed by atoms with Gasteiger partial charge >= 0.3 is 0 Å². The Morgan fingerprint density at radius 3 is 2.63 bits per heavy atom. The summed E-state index contributed by atoms with van der Waals surface area (Å²) < 4.78 is 11.1. The van der Waals surface area contributed by atoms with Crippen molar-refractivity contribution in [2.75, 3.05) is 13.7 Å². The van der Waals surface area contributed by atoms with Crippen LogP contribution in [0.4, 0.5) is 0 Å². The van der Waals surface area contributed by atoms with Gasteiger partial charge < -0.3 is 14.8 Å². The van der Waals surface area contributed by atoms with Crippen molar-refractivity contribution in [2.45, 2.75) is 13.5 Å². The number of rotatable bonds is 6. The van der Waals surface area contributed by atoms with Crippen LogP contribution in [0.1, 0.15) is 12.5 Å². The molecular formula is C15H18N2O2. The molecule has 4 nitrogen and oxygen atoms in total. The molecule has 0 aliphatic heterocycles. The molecule has 0 aliphatic carbocycles. The summed E-state index contributed by atoms with van der Waals surface area (Å²) >= 11 is 0. The number of nitrogens with one attached hydrogen (secondary N) is 1. The number of para-hydroxylation sites is 2. The van der Waals surface area contributed by atoms with E-state index in [0.717, 1.165) is 18.7 Å². The zero-order chi connectivity index (χ0) is 13.5. The molecule has 2 rings (SSSR count). The van der Waals surface area contributed by atoms with E-state index in [1.807, 2.05) is 36.4 Å². The van der Waals surface area contributed by atoms with Crippen LogP contribution >= 0.6 is 0 Å². The third-order valence-corrected chi connectivity index (χ3v) is 2.69. The summed E-state index contributed by atoms with van der Waals surface area (Å²) in [5.74, 6) is 1.97. The molecule has 0 aliphatic rings. The molecule has 0 saturated carbocycles. The highest BCUT2D eigenvalue weighted by Gasteiger charge is 2.09. The van der Waals surface area contributed by atoms with Crippen LogP contribution in [0.5, 0.6) is 17.4 Å². The Morgan fingerprint density at radius 2 is 1.89 bits per heavy atom. The van der Waals surface area contributed by atoms with Gasteiger partial charge in [0.15, 0.2) is 11.5 Å². The van der Waals surface area contributed by atoms with E-state index in [0.29, 0.717) is 17.4 Å². The second kappa shape index (κ2) is 6.75. The molecule has 0 saturated heterocycles. The molecule has 100 valence electrons. The van der Waals surface area contributed by atoms with E-state index in [4.69, 9.17) is 9.47 Å². The predicted molar refractivity (Wildman–Crippen MR) is 74.7 cm³/mol. The van der Waals surface area contributed by atoms with Crippen LogP contribution in [0, 0.1) is 0 Å². The first-order chi connectivity index (χ1) is 9.35. The lowest BCUT2D eigenvalue weighted by Crippen LogP contribution is -2.12. The Morgan fingerprint density at radius 1 is 1.11 bits per heavy atom. The van der Waals surface area contributed by atoms with E-state index in [-0.39, 0.29) is 0 Å². The molecule has 0 atom stereocenters. The Kier molecular flexibility index (Phi) is 4.75. The lowest BCUT2D eigenvalue weighted by atomic mass is 10.2. The molecule has 0 radical (unpaired) electrons. The van der Waals surface area contributed by atoms with Crippen molar-refractivity contribution < 1.29 is 9.47 Å². The summed E-state index contributed by atoms with van der Waals surface area (Å²) in [6.07, 6.45) is 1.72. The first kappa shape index (κ1) is 13.4. The normalized spacial score (nSPS) is 10.2. The fraction of sp³-hybridized carbons (Fsp3) is 0.267. The first-order valence-corrected chi connectivity index (χ1v) is 6.30. The van der Waals surface area contributed by atoms with Crippen LogP contribution < -0.4 is 14.8 Å². The molecule has 0 amide bonds. The highest BCUT2D eigenvalue weighted by molar-refractivity contribution is 5.42. The maximum absolute atomic E-state index is 5.85. The van der Waals surface area contributed by atoms with Crippen LogP contribution in [-0.4, -0.2) is 18.6 Å². The molecule has 19 heavy (non-hydrogen) atoms. The molecule has 0 unspecified atom stereocenters. The fourth-order valence-corrected chi connectivity index (χ4v) is 1.72. The molecule has 1 aromatic heterocycles. The zero-order valence-electron chi connectivity index (χ0n) is 11.2. The number of nitrogens with zero attached hydrogens (tertiary/aromatic N) is 1. The van der Waals surface area contributed by atoms with Crippen molar-refractivity contribution in [3.8, 4) is 17.4 Å². The van der Waals surface area contributed by atoms with Crippen LogP contribution in [0.2, 0.25) is 0 Å². The van der Waals surface area contributed by atoms with Crippen LogP contribution in [0.3, 0.4) is 0 Å². The lowest BCUT2D eigenvalue weighted by Gasteiger charge is -2.12. The fourth-order valence-electron chi connectivity index (χ4n) is 1.72. The van der Waals surface area contributed by atoms with Gasteiger partial charge in [-0.15, -0.1) is 0 Å². The number of aromatic nitrogens is 1. The molecule has 0 fully saturated rings.